The maximum atomic E-state index is 12.9. The van der Waals surface area contributed by atoms with Crippen LogP contribution in [0, 0.1) is 18.7 Å². The van der Waals surface area contributed by atoms with E-state index in [9.17, 15) is 4.39 Å². The van der Waals surface area contributed by atoms with Gasteiger partial charge in [0.2, 0.25) is 0 Å². The highest BCUT2D eigenvalue weighted by atomic mass is 19.1. The molecule has 1 rings (SSSR count). The molecule has 1 N–H and O–H groups in total. The first-order valence-corrected chi connectivity index (χ1v) is 5.58. The molecule has 1 aromatic rings. The molecule has 2 nitrogen and oxygen atoms in total. The van der Waals surface area contributed by atoms with E-state index in [1.807, 2.05) is 13.0 Å². The molecule has 1 atom stereocenters. The molecule has 90 valence electrons. The first kappa shape index (κ1) is 13.1. The van der Waals surface area contributed by atoms with E-state index in [0.717, 1.165) is 30.8 Å². The normalized spacial score (nSPS) is 12.8. The van der Waals surface area contributed by atoms with Crippen LogP contribution < -0.4 is 5.32 Å². The fourth-order valence-corrected chi connectivity index (χ4v) is 1.65. The van der Waals surface area contributed by atoms with Crippen LogP contribution in [0.3, 0.4) is 0 Å². The van der Waals surface area contributed by atoms with Crippen LogP contribution in [0.1, 0.15) is 18.1 Å². The van der Waals surface area contributed by atoms with E-state index in [1.165, 1.54) is 6.07 Å². The van der Waals surface area contributed by atoms with Crippen molar-refractivity contribution in [2.24, 2.45) is 5.92 Å². The molecule has 0 aromatic heterocycles. The van der Waals surface area contributed by atoms with Crippen LogP contribution in [-0.2, 0) is 11.3 Å². The number of aryl methyl sites for hydroxylation is 1. The molecule has 1 aromatic carbocycles. The highest BCUT2D eigenvalue weighted by molar-refractivity contribution is 5.26. The molecule has 0 amide bonds. The molecule has 0 spiro atoms. The van der Waals surface area contributed by atoms with Gasteiger partial charge in [-0.1, -0.05) is 13.0 Å². The van der Waals surface area contributed by atoms with Gasteiger partial charge in [0.05, 0.1) is 0 Å². The van der Waals surface area contributed by atoms with E-state index in [4.69, 9.17) is 4.74 Å². The fraction of sp³-hybridized carbons (Fsp3) is 0.538. The van der Waals surface area contributed by atoms with Gasteiger partial charge in [-0.2, -0.15) is 0 Å². The SMILES string of the molecule is COCC(C)CNCc1ccc(F)cc1C. The lowest BCUT2D eigenvalue weighted by atomic mass is 10.1. The minimum absolute atomic E-state index is 0.172. The number of methoxy groups -OCH3 is 1. The van der Waals surface area contributed by atoms with Crippen molar-refractivity contribution < 1.29 is 9.13 Å². The molecule has 0 aliphatic carbocycles. The topological polar surface area (TPSA) is 21.3 Å². The second kappa shape index (κ2) is 6.61. The van der Waals surface area contributed by atoms with Crippen molar-refractivity contribution in [1.82, 2.24) is 5.32 Å². The van der Waals surface area contributed by atoms with Gasteiger partial charge in [-0.15, -0.1) is 0 Å². The zero-order valence-electron chi connectivity index (χ0n) is 10.2. The van der Waals surface area contributed by atoms with Crippen molar-refractivity contribution in [1.29, 1.82) is 0 Å². The molecular formula is C13H20FNO. The molecule has 1 unspecified atom stereocenters. The lowest BCUT2D eigenvalue weighted by Gasteiger charge is -2.12. The Morgan fingerprint density at radius 3 is 2.81 bits per heavy atom. The molecule has 0 bridgehead atoms. The summed E-state index contributed by atoms with van der Waals surface area (Å²) < 4.78 is 17.9. The van der Waals surface area contributed by atoms with Crippen LogP contribution in [0.4, 0.5) is 4.39 Å². The van der Waals surface area contributed by atoms with Crippen LogP contribution in [0.25, 0.3) is 0 Å². The van der Waals surface area contributed by atoms with Gasteiger partial charge < -0.3 is 10.1 Å². The van der Waals surface area contributed by atoms with Gasteiger partial charge in [0.1, 0.15) is 5.82 Å². The van der Waals surface area contributed by atoms with Gasteiger partial charge in [-0.25, -0.2) is 4.39 Å². The highest BCUT2D eigenvalue weighted by Gasteiger charge is 2.02. The number of ether oxygens (including phenoxy) is 1. The number of hydrogen-bond acceptors (Lipinski definition) is 2. The number of halogens is 1. The molecule has 3 heteroatoms. The minimum atomic E-state index is -0.172. The summed E-state index contributed by atoms with van der Waals surface area (Å²) in [6.45, 7) is 6.51. The van der Waals surface area contributed by atoms with Crippen molar-refractivity contribution in [2.75, 3.05) is 20.3 Å². The molecule has 0 saturated heterocycles. The molecule has 0 aliphatic heterocycles. The monoisotopic (exact) mass is 225 g/mol. The minimum Gasteiger partial charge on any atom is -0.384 e. The average Bonchev–Trinajstić information content (AvgIpc) is 2.22. The molecule has 0 aliphatic rings. The van der Waals surface area contributed by atoms with Gasteiger partial charge in [0.25, 0.3) is 0 Å². The summed E-state index contributed by atoms with van der Waals surface area (Å²) in [6, 6.07) is 4.90. The number of nitrogens with one attached hydrogen (secondary N) is 1. The Morgan fingerprint density at radius 1 is 1.44 bits per heavy atom. The van der Waals surface area contributed by atoms with Gasteiger partial charge >= 0.3 is 0 Å². The zero-order valence-corrected chi connectivity index (χ0v) is 10.2. The third-order valence-electron chi connectivity index (χ3n) is 2.56. The second-order valence-corrected chi connectivity index (χ2v) is 4.26. The summed E-state index contributed by atoms with van der Waals surface area (Å²) in [7, 11) is 1.71. The van der Waals surface area contributed by atoms with Crippen molar-refractivity contribution in [3.8, 4) is 0 Å². The summed E-state index contributed by atoms with van der Waals surface area (Å²) in [5.41, 5.74) is 2.14. The van der Waals surface area contributed by atoms with E-state index in [2.05, 4.69) is 12.2 Å². The van der Waals surface area contributed by atoms with Gasteiger partial charge in [-0.3, -0.25) is 0 Å². The quantitative estimate of drug-likeness (QED) is 0.803. The van der Waals surface area contributed by atoms with Crippen LogP contribution in [0.2, 0.25) is 0 Å². The first-order valence-electron chi connectivity index (χ1n) is 5.58. The maximum absolute atomic E-state index is 12.9. The van der Waals surface area contributed by atoms with Crippen LogP contribution >= 0.6 is 0 Å². The molecule has 16 heavy (non-hydrogen) atoms. The lowest BCUT2D eigenvalue weighted by Crippen LogP contribution is -2.23. The number of benzene rings is 1. The summed E-state index contributed by atoms with van der Waals surface area (Å²) in [6.07, 6.45) is 0. The van der Waals surface area contributed by atoms with Crippen LogP contribution in [0.15, 0.2) is 18.2 Å². The Kier molecular flexibility index (Phi) is 5.43. The van der Waals surface area contributed by atoms with Crippen LogP contribution in [0.5, 0.6) is 0 Å². The summed E-state index contributed by atoms with van der Waals surface area (Å²) in [5, 5.41) is 3.34. The molecule has 0 fully saturated rings. The van der Waals surface area contributed by atoms with Crippen molar-refractivity contribution in [3.05, 3.63) is 35.1 Å². The number of rotatable bonds is 6. The average molecular weight is 225 g/mol. The molecule has 0 heterocycles. The van der Waals surface area contributed by atoms with Crippen molar-refractivity contribution >= 4 is 0 Å². The predicted octanol–water partition coefficient (Wildman–Crippen LogP) is 2.51. The standard InChI is InChI=1S/C13H20FNO/c1-10(9-16-3)7-15-8-12-4-5-13(14)6-11(12)2/h4-6,10,15H,7-9H2,1-3H3. The Balaban J connectivity index is 2.37. The second-order valence-electron chi connectivity index (χ2n) is 4.26. The summed E-state index contributed by atoms with van der Waals surface area (Å²) >= 11 is 0. The Hall–Kier alpha value is -0.930. The maximum Gasteiger partial charge on any atom is 0.123 e. The first-order chi connectivity index (χ1) is 7.63. The van der Waals surface area contributed by atoms with Gasteiger partial charge in [0.15, 0.2) is 0 Å². The van der Waals surface area contributed by atoms with E-state index < -0.39 is 0 Å². The highest BCUT2D eigenvalue weighted by Crippen LogP contribution is 2.09. The van der Waals surface area contributed by atoms with Crippen LogP contribution in [-0.4, -0.2) is 20.3 Å². The zero-order chi connectivity index (χ0) is 12.0. The molecule has 0 saturated carbocycles. The fourth-order valence-electron chi connectivity index (χ4n) is 1.65. The lowest BCUT2D eigenvalue weighted by molar-refractivity contribution is 0.158. The predicted molar refractivity (Wildman–Crippen MR) is 63.9 cm³/mol. The summed E-state index contributed by atoms with van der Waals surface area (Å²) in [5.74, 6) is 0.319. The van der Waals surface area contributed by atoms with E-state index in [1.54, 1.807) is 13.2 Å². The van der Waals surface area contributed by atoms with E-state index >= 15 is 0 Å². The van der Waals surface area contributed by atoms with Crippen molar-refractivity contribution in [3.63, 3.8) is 0 Å². The Labute approximate surface area is 96.8 Å². The smallest absolute Gasteiger partial charge is 0.123 e. The third kappa shape index (κ3) is 4.29. The van der Waals surface area contributed by atoms with Gasteiger partial charge in [-0.05, 0) is 36.1 Å². The number of hydrogen-bond donors (Lipinski definition) is 1. The third-order valence-corrected chi connectivity index (χ3v) is 2.56. The summed E-state index contributed by atoms with van der Waals surface area (Å²) in [4.78, 5) is 0. The largest absolute Gasteiger partial charge is 0.384 e. The molecular weight excluding hydrogens is 205 g/mol. The van der Waals surface area contributed by atoms with Gasteiger partial charge in [0, 0.05) is 26.8 Å². The van der Waals surface area contributed by atoms with E-state index in [0.29, 0.717) is 5.92 Å². The molecule has 0 radical (unpaired) electrons. The van der Waals surface area contributed by atoms with E-state index in [-0.39, 0.29) is 5.82 Å². The van der Waals surface area contributed by atoms with Crippen molar-refractivity contribution in [2.45, 2.75) is 20.4 Å². The Bertz CT molecular complexity index is 328. The Morgan fingerprint density at radius 2 is 2.19 bits per heavy atom.